The van der Waals surface area contributed by atoms with Gasteiger partial charge >= 0.3 is 5.97 Å². The molecule has 0 atom stereocenters. The van der Waals surface area contributed by atoms with Gasteiger partial charge in [0.25, 0.3) is 0 Å². The van der Waals surface area contributed by atoms with E-state index in [-0.39, 0.29) is 5.97 Å². The van der Waals surface area contributed by atoms with E-state index < -0.39 is 0 Å². The van der Waals surface area contributed by atoms with Gasteiger partial charge in [0.05, 0.1) is 13.7 Å². The third-order valence-electron chi connectivity index (χ3n) is 2.01. The second-order valence-electron chi connectivity index (χ2n) is 4.76. The molecular weight excluding hydrogens is 192 g/mol. The molecule has 0 bridgehead atoms. The van der Waals surface area contributed by atoms with E-state index in [4.69, 9.17) is 4.74 Å². The normalized spacial score (nSPS) is 12.7. The number of hydrogen-bond donors (Lipinski definition) is 0. The van der Waals surface area contributed by atoms with Gasteiger partial charge in [-0.25, -0.2) is 4.79 Å². The van der Waals surface area contributed by atoms with Crippen LogP contribution in [0.25, 0.3) is 0 Å². The molecular formula is C12H22O3. The first-order valence-electron chi connectivity index (χ1n) is 5.19. The van der Waals surface area contributed by atoms with Crippen LogP contribution < -0.4 is 0 Å². The van der Waals surface area contributed by atoms with Crippen molar-refractivity contribution in [2.24, 2.45) is 5.41 Å². The van der Waals surface area contributed by atoms with Crippen LogP contribution in [-0.2, 0) is 14.3 Å². The minimum absolute atomic E-state index is 0.293. The van der Waals surface area contributed by atoms with Crippen LogP contribution in [0.1, 0.15) is 34.1 Å². The highest BCUT2D eigenvalue weighted by Crippen LogP contribution is 2.17. The van der Waals surface area contributed by atoms with Crippen LogP contribution in [-0.4, -0.2) is 26.3 Å². The van der Waals surface area contributed by atoms with E-state index in [0.29, 0.717) is 24.2 Å². The lowest BCUT2D eigenvalue weighted by molar-refractivity contribution is -0.136. The van der Waals surface area contributed by atoms with Crippen LogP contribution in [0.2, 0.25) is 0 Å². The second kappa shape index (κ2) is 6.62. The zero-order valence-electron chi connectivity index (χ0n) is 10.4. The average molecular weight is 214 g/mol. The molecule has 3 nitrogen and oxygen atoms in total. The molecule has 0 N–H and O–H groups in total. The summed E-state index contributed by atoms with van der Waals surface area (Å²) in [4.78, 5) is 11.0. The number of ether oxygens (including phenoxy) is 2. The fourth-order valence-corrected chi connectivity index (χ4v) is 0.890. The highest BCUT2D eigenvalue weighted by molar-refractivity contribution is 5.87. The topological polar surface area (TPSA) is 35.5 Å². The summed E-state index contributed by atoms with van der Waals surface area (Å²) in [5, 5.41) is 0. The van der Waals surface area contributed by atoms with Gasteiger partial charge in [0, 0.05) is 12.2 Å². The van der Waals surface area contributed by atoms with Crippen molar-refractivity contribution in [2.75, 3.05) is 20.3 Å². The van der Waals surface area contributed by atoms with E-state index in [1.54, 1.807) is 13.0 Å². The molecule has 15 heavy (non-hydrogen) atoms. The first-order valence-corrected chi connectivity index (χ1v) is 5.19. The van der Waals surface area contributed by atoms with Gasteiger partial charge in [0.1, 0.15) is 0 Å². The van der Waals surface area contributed by atoms with Crippen molar-refractivity contribution in [3.8, 4) is 0 Å². The van der Waals surface area contributed by atoms with Gasteiger partial charge < -0.3 is 9.47 Å². The molecule has 0 radical (unpaired) electrons. The van der Waals surface area contributed by atoms with E-state index in [1.807, 2.05) is 0 Å². The first-order chi connectivity index (χ1) is 6.87. The van der Waals surface area contributed by atoms with E-state index in [9.17, 15) is 4.79 Å². The average Bonchev–Trinajstić information content (AvgIpc) is 2.14. The van der Waals surface area contributed by atoms with Crippen molar-refractivity contribution in [3.63, 3.8) is 0 Å². The fourth-order valence-electron chi connectivity index (χ4n) is 0.890. The summed E-state index contributed by atoms with van der Waals surface area (Å²) in [6.07, 6.45) is 2.76. The molecule has 0 aromatic carbocycles. The first kappa shape index (κ1) is 14.2. The smallest absolute Gasteiger partial charge is 0.333 e. The van der Waals surface area contributed by atoms with Gasteiger partial charge in [-0.1, -0.05) is 20.8 Å². The number of rotatable bonds is 5. The van der Waals surface area contributed by atoms with Crippen LogP contribution in [0.5, 0.6) is 0 Å². The van der Waals surface area contributed by atoms with Crippen LogP contribution >= 0.6 is 0 Å². The van der Waals surface area contributed by atoms with Gasteiger partial charge in [-0.05, 0) is 24.8 Å². The lowest BCUT2D eigenvalue weighted by Gasteiger charge is -2.17. The Bertz CT molecular complexity index is 224. The molecule has 0 fully saturated rings. The van der Waals surface area contributed by atoms with E-state index in [0.717, 1.165) is 6.42 Å². The van der Waals surface area contributed by atoms with Crippen LogP contribution in [0.4, 0.5) is 0 Å². The molecule has 0 amide bonds. The Morgan fingerprint density at radius 2 is 1.93 bits per heavy atom. The molecule has 0 aliphatic carbocycles. The quantitative estimate of drug-likeness (QED) is 0.401. The zero-order chi connectivity index (χ0) is 11.9. The third-order valence-corrected chi connectivity index (χ3v) is 2.01. The van der Waals surface area contributed by atoms with Crippen LogP contribution in [0.15, 0.2) is 11.6 Å². The molecule has 0 rings (SSSR count). The summed E-state index contributed by atoms with van der Waals surface area (Å²) in [5.41, 5.74) is 0.884. The molecule has 0 unspecified atom stereocenters. The minimum atomic E-state index is -0.297. The number of carbonyl (C=O) groups excluding carboxylic acids is 1. The lowest BCUT2D eigenvalue weighted by atomic mass is 9.93. The largest absolute Gasteiger partial charge is 0.466 e. The Labute approximate surface area is 92.5 Å². The molecule has 0 saturated carbocycles. The Kier molecular flexibility index (Phi) is 6.25. The Morgan fingerprint density at radius 1 is 1.33 bits per heavy atom. The highest BCUT2D eigenvalue weighted by Gasteiger charge is 2.09. The summed E-state index contributed by atoms with van der Waals surface area (Å²) in [6.45, 7) is 9.42. The number of hydrogen-bond acceptors (Lipinski definition) is 3. The lowest BCUT2D eigenvalue weighted by Crippen LogP contribution is -2.10. The molecule has 3 heteroatoms. The molecule has 88 valence electrons. The van der Waals surface area contributed by atoms with Gasteiger partial charge in [0.15, 0.2) is 0 Å². The molecule has 0 spiro atoms. The predicted molar refractivity (Wildman–Crippen MR) is 60.7 cm³/mol. The van der Waals surface area contributed by atoms with E-state index in [2.05, 4.69) is 25.5 Å². The summed E-state index contributed by atoms with van der Waals surface area (Å²) in [7, 11) is 1.38. The maximum absolute atomic E-state index is 11.0. The van der Waals surface area contributed by atoms with E-state index >= 15 is 0 Å². The predicted octanol–water partition coefficient (Wildman–Crippen LogP) is 2.56. The SMILES string of the molecule is COC(=O)C(C)=CCOCCC(C)(C)C. The van der Waals surface area contributed by atoms with Crippen molar-refractivity contribution >= 4 is 5.97 Å². The summed E-state index contributed by atoms with van der Waals surface area (Å²) in [6, 6.07) is 0. The second-order valence-corrected chi connectivity index (χ2v) is 4.76. The summed E-state index contributed by atoms with van der Waals surface area (Å²) >= 11 is 0. The monoisotopic (exact) mass is 214 g/mol. The van der Waals surface area contributed by atoms with Gasteiger partial charge in [-0.2, -0.15) is 0 Å². The van der Waals surface area contributed by atoms with Gasteiger partial charge in [-0.3, -0.25) is 0 Å². The number of carbonyl (C=O) groups is 1. The van der Waals surface area contributed by atoms with Crippen molar-refractivity contribution < 1.29 is 14.3 Å². The third kappa shape index (κ3) is 8.18. The molecule has 0 aliphatic heterocycles. The molecule has 0 aromatic heterocycles. The van der Waals surface area contributed by atoms with Crippen molar-refractivity contribution in [1.82, 2.24) is 0 Å². The fraction of sp³-hybridized carbons (Fsp3) is 0.750. The van der Waals surface area contributed by atoms with Crippen molar-refractivity contribution in [1.29, 1.82) is 0 Å². The maximum atomic E-state index is 11.0. The van der Waals surface area contributed by atoms with Gasteiger partial charge in [0.2, 0.25) is 0 Å². The Hall–Kier alpha value is -0.830. The molecule has 0 aromatic rings. The van der Waals surface area contributed by atoms with Crippen LogP contribution in [0, 0.1) is 5.41 Å². The van der Waals surface area contributed by atoms with Crippen LogP contribution in [0.3, 0.4) is 0 Å². The van der Waals surface area contributed by atoms with Crippen molar-refractivity contribution in [3.05, 3.63) is 11.6 Å². The highest BCUT2D eigenvalue weighted by atomic mass is 16.5. The summed E-state index contributed by atoms with van der Waals surface area (Å²) in [5.74, 6) is -0.297. The molecule has 0 heterocycles. The zero-order valence-corrected chi connectivity index (χ0v) is 10.4. The Morgan fingerprint density at radius 3 is 2.40 bits per heavy atom. The van der Waals surface area contributed by atoms with Gasteiger partial charge in [-0.15, -0.1) is 0 Å². The summed E-state index contributed by atoms with van der Waals surface area (Å²) < 4.78 is 9.95. The Balaban J connectivity index is 3.66. The van der Waals surface area contributed by atoms with E-state index in [1.165, 1.54) is 7.11 Å². The molecule has 0 saturated heterocycles. The standard InChI is InChI=1S/C12H22O3/c1-10(11(13)14-5)6-8-15-9-7-12(2,3)4/h6H,7-9H2,1-5H3. The number of esters is 1. The molecule has 0 aliphatic rings. The van der Waals surface area contributed by atoms with Crippen molar-refractivity contribution in [2.45, 2.75) is 34.1 Å². The minimum Gasteiger partial charge on any atom is -0.466 e. The maximum Gasteiger partial charge on any atom is 0.333 e. The number of methoxy groups -OCH3 is 1.